The Balaban J connectivity index is 1.81. The second-order valence-corrected chi connectivity index (χ2v) is 4.56. The molecule has 4 nitrogen and oxygen atoms in total. The van der Waals surface area contributed by atoms with Gasteiger partial charge in [0.1, 0.15) is 18.9 Å². The van der Waals surface area contributed by atoms with Gasteiger partial charge in [-0.25, -0.2) is 10.1 Å². The van der Waals surface area contributed by atoms with E-state index >= 15 is 0 Å². The molecule has 0 fully saturated rings. The summed E-state index contributed by atoms with van der Waals surface area (Å²) in [5.74, 6) is 0. The van der Waals surface area contributed by atoms with Crippen molar-refractivity contribution in [3.63, 3.8) is 0 Å². The van der Waals surface area contributed by atoms with Crippen LogP contribution in [0.25, 0.3) is 0 Å². The number of carbonyl (C=O) groups excluding carboxylic acids is 2. The Bertz CT molecular complexity index is 569. The monoisotopic (exact) mass is 282 g/mol. The van der Waals surface area contributed by atoms with Crippen molar-refractivity contribution in [2.45, 2.75) is 19.1 Å². The normalized spacial score (nSPS) is 11.4. The molecule has 21 heavy (non-hydrogen) atoms. The number of ether oxygens (including phenoxy) is 1. The van der Waals surface area contributed by atoms with E-state index in [2.05, 4.69) is 5.32 Å². The smallest absolute Gasteiger partial charge is 0.430 e. The minimum absolute atomic E-state index is 0.153. The van der Waals surface area contributed by atoms with Crippen molar-refractivity contribution in [3.8, 4) is 0 Å². The zero-order valence-electron chi connectivity index (χ0n) is 11.5. The molecule has 0 aliphatic heterocycles. The van der Waals surface area contributed by atoms with Gasteiger partial charge in [0.15, 0.2) is 0 Å². The zero-order valence-corrected chi connectivity index (χ0v) is 11.5. The largest absolute Gasteiger partial charge is 0.443 e. The fourth-order valence-electron chi connectivity index (χ4n) is 1.87. The van der Waals surface area contributed by atoms with Gasteiger partial charge >= 0.3 is 6.09 Å². The summed E-state index contributed by atoms with van der Waals surface area (Å²) >= 11 is 0. The summed E-state index contributed by atoms with van der Waals surface area (Å²) in [5, 5.41) is 3.78. The molecular weight excluding hydrogens is 266 g/mol. The number of nitrogens with zero attached hydrogens (tertiary/aromatic N) is 1. The topological polar surface area (TPSA) is 57.5 Å². The van der Waals surface area contributed by atoms with Crippen LogP contribution in [-0.4, -0.2) is 18.4 Å². The van der Waals surface area contributed by atoms with Gasteiger partial charge < -0.3 is 9.53 Å². The van der Waals surface area contributed by atoms with Crippen LogP contribution in [0.5, 0.6) is 0 Å². The molecule has 0 saturated carbocycles. The van der Waals surface area contributed by atoms with Gasteiger partial charge in [-0.2, -0.15) is 0 Å². The van der Waals surface area contributed by atoms with Crippen molar-refractivity contribution in [2.24, 2.45) is 0 Å². The minimum atomic E-state index is -0.716. The van der Waals surface area contributed by atoms with E-state index in [4.69, 9.17) is 4.74 Å². The average molecular weight is 282 g/mol. The number of aldehydes is 1. The zero-order chi connectivity index (χ0) is 14.9. The summed E-state index contributed by atoms with van der Waals surface area (Å²) in [6.07, 6.45) is 0.341. The van der Waals surface area contributed by atoms with E-state index in [0.717, 1.165) is 11.1 Å². The van der Waals surface area contributed by atoms with Gasteiger partial charge in [0.25, 0.3) is 0 Å². The highest BCUT2D eigenvalue weighted by Crippen LogP contribution is 2.04. The first-order valence-electron chi connectivity index (χ1n) is 6.68. The molecule has 2 aromatic carbocycles. The number of amides is 1. The first kappa shape index (κ1) is 14.8. The van der Waals surface area contributed by atoms with Gasteiger partial charge in [-0.3, -0.25) is 0 Å². The SMILES string of the molecule is O=C[C@H](Cc1ccccc1)[N]C(=O)OCc1ccccc1. The van der Waals surface area contributed by atoms with Crippen LogP contribution < -0.4 is 5.32 Å². The first-order chi connectivity index (χ1) is 10.3. The van der Waals surface area contributed by atoms with Gasteiger partial charge in [0.05, 0.1) is 0 Å². The van der Waals surface area contributed by atoms with E-state index in [1.54, 1.807) is 0 Å². The highest BCUT2D eigenvalue weighted by Gasteiger charge is 2.15. The predicted molar refractivity (Wildman–Crippen MR) is 78.8 cm³/mol. The molecule has 2 rings (SSSR count). The predicted octanol–water partition coefficient (Wildman–Crippen LogP) is 2.74. The third kappa shape index (κ3) is 5.10. The van der Waals surface area contributed by atoms with E-state index in [-0.39, 0.29) is 6.61 Å². The van der Waals surface area contributed by atoms with E-state index in [1.807, 2.05) is 60.7 Å². The summed E-state index contributed by atoms with van der Waals surface area (Å²) in [7, 11) is 0. The molecule has 0 aliphatic carbocycles. The Hall–Kier alpha value is -2.62. The van der Waals surface area contributed by atoms with E-state index in [9.17, 15) is 9.59 Å². The molecule has 0 unspecified atom stereocenters. The van der Waals surface area contributed by atoms with Crippen molar-refractivity contribution in [2.75, 3.05) is 0 Å². The molecule has 1 atom stereocenters. The number of hydrogen-bond acceptors (Lipinski definition) is 3. The van der Waals surface area contributed by atoms with Crippen molar-refractivity contribution in [1.82, 2.24) is 5.32 Å². The summed E-state index contributed by atoms with van der Waals surface area (Å²) in [4.78, 5) is 22.6. The average Bonchev–Trinajstić information content (AvgIpc) is 2.54. The van der Waals surface area contributed by atoms with Crippen LogP contribution in [0.4, 0.5) is 4.79 Å². The van der Waals surface area contributed by atoms with Crippen molar-refractivity contribution in [3.05, 3.63) is 71.8 Å². The molecule has 0 heterocycles. The lowest BCUT2D eigenvalue weighted by Gasteiger charge is -2.10. The molecule has 0 spiro atoms. The highest BCUT2D eigenvalue weighted by molar-refractivity contribution is 5.73. The highest BCUT2D eigenvalue weighted by atomic mass is 16.5. The van der Waals surface area contributed by atoms with Gasteiger partial charge in [-0.15, -0.1) is 0 Å². The lowest BCUT2D eigenvalue weighted by Crippen LogP contribution is -2.31. The Morgan fingerprint density at radius 3 is 2.14 bits per heavy atom. The number of rotatable bonds is 6. The number of carbonyl (C=O) groups is 2. The lowest BCUT2D eigenvalue weighted by atomic mass is 10.1. The fourth-order valence-corrected chi connectivity index (χ4v) is 1.87. The quantitative estimate of drug-likeness (QED) is 0.765. The van der Waals surface area contributed by atoms with Gasteiger partial charge in [0.2, 0.25) is 0 Å². The van der Waals surface area contributed by atoms with Crippen LogP contribution in [0.3, 0.4) is 0 Å². The van der Waals surface area contributed by atoms with Crippen LogP contribution in [0, 0.1) is 0 Å². The molecule has 4 heteroatoms. The van der Waals surface area contributed by atoms with Gasteiger partial charge in [-0.05, 0) is 11.1 Å². The Morgan fingerprint density at radius 1 is 1.00 bits per heavy atom. The standard InChI is InChI=1S/C17H16NO3/c19-12-16(11-14-7-3-1-4-8-14)18-17(20)21-13-15-9-5-2-6-10-15/h1-10,12,16H,11,13H2/t16-/m0/s1. The molecule has 107 valence electrons. The van der Waals surface area contributed by atoms with Crippen LogP contribution >= 0.6 is 0 Å². The maximum absolute atomic E-state index is 11.6. The number of benzene rings is 2. The fraction of sp³-hybridized carbons (Fsp3) is 0.176. The minimum Gasteiger partial charge on any atom is -0.443 e. The molecule has 0 saturated heterocycles. The summed E-state index contributed by atoms with van der Waals surface area (Å²) in [6.45, 7) is 0.153. The molecule has 0 N–H and O–H groups in total. The molecule has 2 aromatic rings. The van der Waals surface area contributed by atoms with Crippen LogP contribution in [-0.2, 0) is 22.6 Å². The molecule has 0 aromatic heterocycles. The van der Waals surface area contributed by atoms with Crippen molar-refractivity contribution >= 4 is 12.4 Å². The molecule has 1 radical (unpaired) electrons. The number of hydrogen-bond donors (Lipinski definition) is 0. The van der Waals surface area contributed by atoms with Crippen molar-refractivity contribution in [1.29, 1.82) is 0 Å². The third-order valence-corrected chi connectivity index (χ3v) is 2.92. The van der Waals surface area contributed by atoms with Crippen LogP contribution in [0.2, 0.25) is 0 Å². The second kappa shape index (κ2) is 7.85. The van der Waals surface area contributed by atoms with Gasteiger partial charge in [-0.1, -0.05) is 60.7 Å². The van der Waals surface area contributed by atoms with E-state index in [0.29, 0.717) is 12.7 Å². The Morgan fingerprint density at radius 2 is 1.57 bits per heavy atom. The van der Waals surface area contributed by atoms with Gasteiger partial charge in [0, 0.05) is 6.42 Å². The Labute approximate surface area is 123 Å². The molecule has 1 amide bonds. The summed E-state index contributed by atoms with van der Waals surface area (Å²) in [6, 6.07) is 18.0. The molecule has 0 aliphatic rings. The Kier molecular flexibility index (Phi) is 5.52. The molecule has 0 bridgehead atoms. The maximum atomic E-state index is 11.6. The van der Waals surface area contributed by atoms with E-state index < -0.39 is 12.1 Å². The maximum Gasteiger partial charge on any atom is 0.430 e. The second-order valence-electron chi connectivity index (χ2n) is 4.56. The van der Waals surface area contributed by atoms with Crippen LogP contribution in [0.15, 0.2) is 60.7 Å². The van der Waals surface area contributed by atoms with E-state index in [1.165, 1.54) is 0 Å². The van der Waals surface area contributed by atoms with Crippen LogP contribution in [0.1, 0.15) is 11.1 Å². The summed E-state index contributed by atoms with van der Waals surface area (Å²) < 4.78 is 5.03. The summed E-state index contributed by atoms with van der Waals surface area (Å²) in [5.41, 5.74) is 1.83. The third-order valence-electron chi connectivity index (χ3n) is 2.92. The van der Waals surface area contributed by atoms with Crippen molar-refractivity contribution < 1.29 is 14.3 Å². The first-order valence-corrected chi connectivity index (χ1v) is 6.68. The lowest BCUT2D eigenvalue weighted by molar-refractivity contribution is -0.109. The molecular formula is C17H16NO3.